The summed E-state index contributed by atoms with van der Waals surface area (Å²) < 4.78 is 5.09. The maximum absolute atomic E-state index is 11.0. The monoisotopic (exact) mass is 291 g/mol. The lowest BCUT2D eigenvalue weighted by Crippen LogP contribution is -2.02. The van der Waals surface area contributed by atoms with Crippen LogP contribution in [0, 0.1) is 0 Å². The van der Waals surface area contributed by atoms with Crippen molar-refractivity contribution < 1.29 is 14.6 Å². The van der Waals surface area contributed by atoms with Crippen molar-refractivity contribution in [1.29, 1.82) is 0 Å². The Balaban J connectivity index is 2.06. The summed E-state index contributed by atoms with van der Waals surface area (Å²) in [5, 5.41) is 12.4. The Bertz CT molecular complexity index is 611. The lowest BCUT2D eigenvalue weighted by atomic mass is 10.2. The van der Waals surface area contributed by atoms with Crippen molar-refractivity contribution in [3.05, 3.63) is 58.6 Å². The summed E-state index contributed by atoms with van der Waals surface area (Å²) in [6, 6.07) is 12.5. The molecule has 0 fully saturated rings. The highest BCUT2D eigenvalue weighted by atomic mass is 35.5. The van der Waals surface area contributed by atoms with E-state index in [2.05, 4.69) is 5.32 Å². The number of halogens is 1. The van der Waals surface area contributed by atoms with Crippen LogP contribution in [0.3, 0.4) is 0 Å². The highest BCUT2D eigenvalue weighted by Crippen LogP contribution is 2.21. The third kappa shape index (κ3) is 3.42. The van der Waals surface area contributed by atoms with Gasteiger partial charge in [0.05, 0.1) is 17.7 Å². The Labute approximate surface area is 122 Å². The van der Waals surface area contributed by atoms with E-state index in [-0.39, 0.29) is 10.6 Å². The number of carboxylic acid groups (broad SMARTS) is 1. The third-order valence-corrected chi connectivity index (χ3v) is 3.18. The number of methoxy groups -OCH3 is 1. The zero-order valence-electron chi connectivity index (χ0n) is 10.9. The number of ether oxygens (including phenoxy) is 1. The first kappa shape index (κ1) is 14.2. The van der Waals surface area contributed by atoms with Crippen molar-refractivity contribution in [3.63, 3.8) is 0 Å². The summed E-state index contributed by atoms with van der Waals surface area (Å²) >= 11 is 5.82. The molecule has 0 heterocycles. The Morgan fingerprint density at radius 3 is 2.55 bits per heavy atom. The van der Waals surface area contributed by atoms with Gasteiger partial charge < -0.3 is 15.2 Å². The van der Waals surface area contributed by atoms with Gasteiger partial charge in [-0.2, -0.15) is 0 Å². The van der Waals surface area contributed by atoms with E-state index in [0.717, 1.165) is 11.3 Å². The standard InChI is InChI=1S/C15H14ClNO3/c1-20-12-5-2-10(3-6-12)9-17-11-4-7-14(16)13(8-11)15(18)19/h2-8,17H,9H2,1H3,(H,18,19). The first-order valence-corrected chi connectivity index (χ1v) is 6.37. The lowest BCUT2D eigenvalue weighted by Gasteiger charge is -2.09. The molecule has 0 unspecified atom stereocenters. The van der Waals surface area contributed by atoms with Gasteiger partial charge in [-0.15, -0.1) is 0 Å². The number of hydrogen-bond acceptors (Lipinski definition) is 3. The van der Waals surface area contributed by atoms with Gasteiger partial charge in [-0.1, -0.05) is 23.7 Å². The third-order valence-electron chi connectivity index (χ3n) is 2.85. The number of carbonyl (C=O) groups is 1. The fourth-order valence-electron chi connectivity index (χ4n) is 1.75. The van der Waals surface area contributed by atoms with E-state index >= 15 is 0 Å². The van der Waals surface area contributed by atoms with Gasteiger partial charge in [-0.05, 0) is 35.9 Å². The molecule has 0 saturated heterocycles. The summed E-state index contributed by atoms with van der Waals surface area (Å²) in [6.07, 6.45) is 0. The molecule has 20 heavy (non-hydrogen) atoms. The molecule has 2 aromatic rings. The molecule has 2 rings (SSSR count). The predicted octanol–water partition coefficient (Wildman–Crippen LogP) is 3.66. The molecule has 2 N–H and O–H groups in total. The van der Waals surface area contributed by atoms with Crippen LogP contribution in [0.15, 0.2) is 42.5 Å². The molecule has 104 valence electrons. The molecular weight excluding hydrogens is 278 g/mol. The van der Waals surface area contributed by atoms with Crippen molar-refractivity contribution >= 4 is 23.3 Å². The summed E-state index contributed by atoms with van der Waals surface area (Å²) in [7, 11) is 1.62. The average Bonchev–Trinajstić information content (AvgIpc) is 2.46. The van der Waals surface area contributed by atoms with Crippen molar-refractivity contribution in [1.82, 2.24) is 0 Å². The van der Waals surface area contributed by atoms with E-state index in [0.29, 0.717) is 12.2 Å². The fourth-order valence-corrected chi connectivity index (χ4v) is 1.95. The summed E-state index contributed by atoms with van der Waals surface area (Å²) in [4.78, 5) is 11.0. The van der Waals surface area contributed by atoms with Gasteiger partial charge in [0.15, 0.2) is 0 Å². The molecule has 0 amide bonds. The number of rotatable bonds is 5. The number of aromatic carboxylic acids is 1. The first-order valence-electron chi connectivity index (χ1n) is 6.00. The van der Waals surface area contributed by atoms with Crippen LogP contribution in [-0.2, 0) is 6.54 Å². The van der Waals surface area contributed by atoms with E-state index in [1.54, 1.807) is 19.2 Å². The normalized spacial score (nSPS) is 10.1. The lowest BCUT2D eigenvalue weighted by molar-refractivity contribution is 0.0697. The van der Waals surface area contributed by atoms with E-state index in [9.17, 15) is 4.79 Å². The molecule has 0 atom stereocenters. The zero-order valence-corrected chi connectivity index (χ0v) is 11.6. The maximum atomic E-state index is 11.0. The van der Waals surface area contributed by atoms with Gasteiger partial charge in [0.25, 0.3) is 0 Å². The number of nitrogens with one attached hydrogen (secondary N) is 1. The summed E-state index contributed by atoms with van der Waals surface area (Å²) in [5.41, 5.74) is 1.87. The van der Waals surface area contributed by atoms with Crippen molar-refractivity contribution in [2.24, 2.45) is 0 Å². The fraction of sp³-hybridized carbons (Fsp3) is 0.133. The molecule has 2 aromatic carbocycles. The second-order valence-electron chi connectivity index (χ2n) is 4.20. The maximum Gasteiger partial charge on any atom is 0.337 e. The highest BCUT2D eigenvalue weighted by molar-refractivity contribution is 6.33. The minimum Gasteiger partial charge on any atom is -0.497 e. The van der Waals surface area contributed by atoms with Crippen molar-refractivity contribution in [2.45, 2.75) is 6.54 Å². The summed E-state index contributed by atoms with van der Waals surface area (Å²) in [6.45, 7) is 0.588. The van der Waals surface area contributed by atoms with Crippen LogP contribution in [0.2, 0.25) is 5.02 Å². The number of benzene rings is 2. The quantitative estimate of drug-likeness (QED) is 0.882. The molecule has 0 aliphatic heterocycles. The van der Waals surface area contributed by atoms with E-state index in [1.165, 1.54) is 6.07 Å². The van der Waals surface area contributed by atoms with Gasteiger partial charge in [0, 0.05) is 12.2 Å². The molecule has 0 bridgehead atoms. The molecule has 0 aromatic heterocycles. The van der Waals surface area contributed by atoms with E-state index in [4.69, 9.17) is 21.4 Å². The van der Waals surface area contributed by atoms with Crippen LogP contribution < -0.4 is 10.1 Å². The Hall–Kier alpha value is -2.20. The number of carboxylic acids is 1. The molecule has 0 saturated carbocycles. The second kappa shape index (κ2) is 6.30. The Kier molecular flexibility index (Phi) is 4.48. The number of anilines is 1. The van der Waals surface area contributed by atoms with Gasteiger partial charge in [0.2, 0.25) is 0 Å². The number of hydrogen-bond donors (Lipinski definition) is 2. The molecule has 0 aliphatic carbocycles. The van der Waals surface area contributed by atoms with E-state index < -0.39 is 5.97 Å². The van der Waals surface area contributed by atoms with Crippen LogP contribution in [0.25, 0.3) is 0 Å². The molecular formula is C15H14ClNO3. The summed E-state index contributed by atoms with van der Waals surface area (Å²) in [5.74, 6) is -0.239. The average molecular weight is 292 g/mol. The molecule has 0 spiro atoms. The second-order valence-corrected chi connectivity index (χ2v) is 4.61. The van der Waals surface area contributed by atoms with Gasteiger partial charge in [-0.25, -0.2) is 4.79 Å². The zero-order chi connectivity index (χ0) is 14.5. The molecule has 5 heteroatoms. The van der Waals surface area contributed by atoms with Crippen LogP contribution in [0.1, 0.15) is 15.9 Å². The molecule has 0 radical (unpaired) electrons. The van der Waals surface area contributed by atoms with Gasteiger partial charge in [0.1, 0.15) is 5.75 Å². The smallest absolute Gasteiger partial charge is 0.337 e. The predicted molar refractivity (Wildman–Crippen MR) is 78.7 cm³/mol. The minimum absolute atomic E-state index is 0.0893. The minimum atomic E-state index is -1.04. The largest absolute Gasteiger partial charge is 0.497 e. The Morgan fingerprint density at radius 2 is 1.95 bits per heavy atom. The van der Waals surface area contributed by atoms with E-state index in [1.807, 2.05) is 24.3 Å². The van der Waals surface area contributed by atoms with Crippen LogP contribution in [0.5, 0.6) is 5.75 Å². The van der Waals surface area contributed by atoms with Crippen LogP contribution in [-0.4, -0.2) is 18.2 Å². The Morgan fingerprint density at radius 1 is 1.25 bits per heavy atom. The SMILES string of the molecule is COc1ccc(CNc2ccc(Cl)c(C(=O)O)c2)cc1. The highest BCUT2D eigenvalue weighted by Gasteiger charge is 2.09. The van der Waals surface area contributed by atoms with Crippen molar-refractivity contribution in [3.8, 4) is 5.75 Å². The first-order chi connectivity index (χ1) is 9.60. The van der Waals surface area contributed by atoms with Crippen LogP contribution >= 0.6 is 11.6 Å². The topological polar surface area (TPSA) is 58.6 Å². The molecule has 0 aliphatic rings. The van der Waals surface area contributed by atoms with Gasteiger partial charge >= 0.3 is 5.97 Å². The molecule has 4 nitrogen and oxygen atoms in total. The van der Waals surface area contributed by atoms with Crippen LogP contribution in [0.4, 0.5) is 5.69 Å². The van der Waals surface area contributed by atoms with Crippen molar-refractivity contribution in [2.75, 3.05) is 12.4 Å². The van der Waals surface area contributed by atoms with Gasteiger partial charge in [-0.3, -0.25) is 0 Å².